The maximum atomic E-state index is 6.24. The van der Waals surface area contributed by atoms with E-state index in [2.05, 4.69) is 140 Å². The van der Waals surface area contributed by atoms with Crippen molar-refractivity contribution in [3.05, 3.63) is 176 Å². The third-order valence-electron chi connectivity index (χ3n) is 10.5. The molecule has 0 aliphatic carbocycles. The molecule has 2 aromatic heterocycles. The van der Waals surface area contributed by atoms with Crippen molar-refractivity contribution in [1.29, 1.82) is 0 Å². The summed E-state index contributed by atoms with van der Waals surface area (Å²) in [7, 11) is 0. The van der Waals surface area contributed by atoms with Crippen molar-refractivity contribution < 1.29 is 4.42 Å². The fourth-order valence-electron chi connectivity index (χ4n) is 8.06. The Hall–Kier alpha value is -7.17. The second-order valence-corrected chi connectivity index (χ2v) is 13.5. The van der Waals surface area contributed by atoms with E-state index in [9.17, 15) is 0 Å². The molecule has 2 heterocycles. The Kier molecular flexibility index (Phi) is 6.52. The van der Waals surface area contributed by atoms with Crippen LogP contribution in [0.1, 0.15) is 0 Å². The summed E-state index contributed by atoms with van der Waals surface area (Å²) < 4.78 is 6.24. The van der Waals surface area contributed by atoms with Gasteiger partial charge in [0.25, 0.3) is 0 Å². The molecule has 0 bridgehead atoms. The van der Waals surface area contributed by atoms with Crippen LogP contribution in [-0.2, 0) is 0 Å². The van der Waals surface area contributed by atoms with Crippen molar-refractivity contribution in [1.82, 2.24) is 15.0 Å². The van der Waals surface area contributed by atoms with E-state index in [0.717, 1.165) is 65.9 Å². The van der Waals surface area contributed by atoms with Gasteiger partial charge in [-0.25, -0.2) is 15.0 Å². The van der Waals surface area contributed by atoms with Crippen LogP contribution in [0.15, 0.2) is 180 Å². The fraction of sp³-hybridized carbons (Fsp3) is 0. The molecule has 11 rings (SSSR count). The van der Waals surface area contributed by atoms with E-state index in [1.807, 2.05) is 36.4 Å². The lowest BCUT2D eigenvalue weighted by Crippen LogP contribution is -2.00. The molecule has 0 saturated carbocycles. The van der Waals surface area contributed by atoms with Gasteiger partial charge in [0.2, 0.25) is 0 Å². The van der Waals surface area contributed by atoms with Gasteiger partial charge in [0.05, 0.1) is 0 Å². The Bertz CT molecular complexity index is 3240. The van der Waals surface area contributed by atoms with Crippen LogP contribution in [0.4, 0.5) is 0 Å². The van der Waals surface area contributed by atoms with Gasteiger partial charge in [-0.1, -0.05) is 158 Å². The molecule has 0 radical (unpaired) electrons. The van der Waals surface area contributed by atoms with Gasteiger partial charge in [-0.15, -0.1) is 0 Å². The Morgan fingerprint density at radius 2 is 0.925 bits per heavy atom. The van der Waals surface area contributed by atoms with E-state index in [-0.39, 0.29) is 0 Å². The van der Waals surface area contributed by atoms with Gasteiger partial charge in [-0.05, 0) is 72.4 Å². The number of furan rings is 1. The first kappa shape index (κ1) is 29.5. The quantitative estimate of drug-likeness (QED) is 0.174. The molecular formula is C49H29N3O. The maximum absolute atomic E-state index is 6.24. The fourth-order valence-corrected chi connectivity index (χ4v) is 8.06. The zero-order valence-corrected chi connectivity index (χ0v) is 28.5. The third kappa shape index (κ3) is 4.73. The Balaban J connectivity index is 1.11. The van der Waals surface area contributed by atoms with Crippen LogP contribution >= 0.6 is 0 Å². The molecule has 11 aromatic rings. The molecule has 4 nitrogen and oxygen atoms in total. The normalized spacial score (nSPS) is 11.8. The summed E-state index contributed by atoms with van der Waals surface area (Å²) in [5, 5.41) is 11.7. The summed E-state index contributed by atoms with van der Waals surface area (Å²) in [5.41, 5.74) is 6.93. The predicted molar refractivity (Wildman–Crippen MR) is 219 cm³/mol. The third-order valence-corrected chi connectivity index (χ3v) is 10.5. The zero-order valence-electron chi connectivity index (χ0n) is 28.5. The standard InChI is InChI=1S/C49H29N3O/c1-2-12-32(13-3-1)47-50-48(52-49(51-47)41-20-9-18-39-38(41)28-25-31-24-23-30-11-4-5-15-36(30)45(31)39)34-26-27-35-33(29-34)14-8-17-37(35)40-19-10-22-44-46(40)42-16-6-7-21-43(42)53-44/h1-29H. The van der Waals surface area contributed by atoms with Gasteiger partial charge in [0.1, 0.15) is 11.2 Å². The summed E-state index contributed by atoms with van der Waals surface area (Å²) in [6, 6.07) is 61.6. The Labute approximate surface area is 304 Å². The summed E-state index contributed by atoms with van der Waals surface area (Å²) >= 11 is 0. The van der Waals surface area contributed by atoms with Crippen molar-refractivity contribution >= 4 is 65.0 Å². The minimum Gasteiger partial charge on any atom is -0.456 e. The molecule has 0 amide bonds. The molecular weight excluding hydrogens is 647 g/mol. The number of fused-ring (bicyclic) bond motifs is 9. The van der Waals surface area contributed by atoms with Crippen LogP contribution in [-0.4, -0.2) is 15.0 Å². The first-order chi connectivity index (χ1) is 26.3. The van der Waals surface area contributed by atoms with Crippen molar-refractivity contribution in [2.45, 2.75) is 0 Å². The number of nitrogens with zero attached hydrogens (tertiary/aromatic N) is 3. The molecule has 0 atom stereocenters. The van der Waals surface area contributed by atoms with Crippen LogP contribution in [0.2, 0.25) is 0 Å². The van der Waals surface area contributed by atoms with Crippen LogP contribution < -0.4 is 0 Å². The molecule has 4 heteroatoms. The number of benzene rings is 9. The van der Waals surface area contributed by atoms with Gasteiger partial charge in [0.15, 0.2) is 17.5 Å². The lowest BCUT2D eigenvalue weighted by Gasteiger charge is -2.13. The smallest absolute Gasteiger partial charge is 0.164 e. The number of aromatic nitrogens is 3. The summed E-state index contributed by atoms with van der Waals surface area (Å²) in [6.07, 6.45) is 0. The van der Waals surface area contributed by atoms with Crippen LogP contribution in [0.3, 0.4) is 0 Å². The van der Waals surface area contributed by atoms with Gasteiger partial charge < -0.3 is 4.42 Å². The first-order valence-electron chi connectivity index (χ1n) is 17.9. The van der Waals surface area contributed by atoms with Crippen molar-refractivity contribution in [2.24, 2.45) is 0 Å². The highest BCUT2D eigenvalue weighted by Gasteiger charge is 2.18. The van der Waals surface area contributed by atoms with Crippen molar-refractivity contribution in [3.8, 4) is 45.3 Å². The molecule has 0 saturated heterocycles. The maximum Gasteiger partial charge on any atom is 0.164 e. The first-order valence-corrected chi connectivity index (χ1v) is 17.9. The zero-order chi connectivity index (χ0) is 34.9. The molecule has 0 fully saturated rings. The highest BCUT2D eigenvalue weighted by Crippen LogP contribution is 2.41. The van der Waals surface area contributed by atoms with E-state index >= 15 is 0 Å². The largest absolute Gasteiger partial charge is 0.456 e. The average molecular weight is 676 g/mol. The topological polar surface area (TPSA) is 51.8 Å². The minimum atomic E-state index is 0.632. The molecule has 0 spiro atoms. The van der Waals surface area contributed by atoms with E-state index < -0.39 is 0 Å². The van der Waals surface area contributed by atoms with Crippen LogP contribution in [0.5, 0.6) is 0 Å². The Morgan fingerprint density at radius 3 is 1.85 bits per heavy atom. The molecule has 9 aromatic carbocycles. The summed E-state index contributed by atoms with van der Waals surface area (Å²) in [5.74, 6) is 1.92. The highest BCUT2D eigenvalue weighted by molar-refractivity contribution is 6.22. The minimum absolute atomic E-state index is 0.632. The second kappa shape index (κ2) is 11.7. The van der Waals surface area contributed by atoms with E-state index in [1.165, 1.54) is 26.9 Å². The van der Waals surface area contributed by atoms with Crippen molar-refractivity contribution in [2.75, 3.05) is 0 Å². The lowest BCUT2D eigenvalue weighted by atomic mass is 9.93. The number of hydrogen-bond donors (Lipinski definition) is 0. The van der Waals surface area contributed by atoms with Crippen molar-refractivity contribution in [3.63, 3.8) is 0 Å². The lowest BCUT2D eigenvalue weighted by molar-refractivity contribution is 0.669. The number of rotatable bonds is 4. The van der Waals surface area contributed by atoms with Gasteiger partial charge in [-0.3, -0.25) is 0 Å². The SMILES string of the molecule is c1ccc(-c2nc(-c3ccc4c(-c5cccc6oc7ccccc7c56)cccc4c3)nc(-c3cccc4c3ccc3ccc5ccccc5c34)n2)cc1. The second-order valence-electron chi connectivity index (χ2n) is 13.5. The van der Waals surface area contributed by atoms with Gasteiger partial charge >= 0.3 is 0 Å². The van der Waals surface area contributed by atoms with Gasteiger partial charge in [0, 0.05) is 27.5 Å². The molecule has 0 N–H and O–H groups in total. The van der Waals surface area contributed by atoms with Crippen LogP contribution in [0.25, 0.3) is 110 Å². The van der Waals surface area contributed by atoms with Gasteiger partial charge in [-0.2, -0.15) is 0 Å². The number of para-hydroxylation sites is 1. The molecule has 0 aliphatic rings. The number of hydrogen-bond acceptors (Lipinski definition) is 4. The van der Waals surface area contributed by atoms with Crippen LogP contribution in [0, 0.1) is 0 Å². The Morgan fingerprint density at radius 1 is 0.302 bits per heavy atom. The molecule has 0 unspecified atom stereocenters. The van der Waals surface area contributed by atoms with E-state index in [1.54, 1.807) is 0 Å². The van der Waals surface area contributed by atoms with E-state index in [4.69, 9.17) is 19.4 Å². The predicted octanol–water partition coefficient (Wildman–Crippen LogP) is 13.1. The molecule has 246 valence electrons. The molecule has 0 aliphatic heterocycles. The molecule has 53 heavy (non-hydrogen) atoms. The summed E-state index contributed by atoms with van der Waals surface area (Å²) in [4.78, 5) is 15.4. The average Bonchev–Trinajstić information content (AvgIpc) is 3.62. The monoisotopic (exact) mass is 675 g/mol. The van der Waals surface area contributed by atoms with E-state index in [0.29, 0.717) is 17.5 Å². The highest BCUT2D eigenvalue weighted by atomic mass is 16.3. The summed E-state index contributed by atoms with van der Waals surface area (Å²) in [6.45, 7) is 0.